The van der Waals surface area contributed by atoms with Crippen LogP contribution in [0.1, 0.15) is 42.9 Å². The molecule has 1 aliphatic carbocycles. The number of ether oxygens (including phenoxy) is 2. The minimum Gasteiger partial charge on any atom is -0.493 e. The molecule has 104 valence electrons. The van der Waals surface area contributed by atoms with E-state index in [4.69, 9.17) is 9.47 Å². The quantitative estimate of drug-likeness (QED) is 0.904. The molecule has 1 atom stereocenters. The summed E-state index contributed by atoms with van der Waals surface area (Å²) < 4.78 is 11.8. The number of methoxy groups -OCH3 is 1. The lowest BCUT2D eigenvalue weighted by Gasteiger charge is -2.37. The highest BCUT2D eigenvalue weighted by molar-refractivity contribution is 5.46. The Bertz CT molecular complexity index is 452. The molecular weight excluding hydrogens is 238 g/mol. The minimum absolute atomic E-state index is 0.0736. The molecule has 1 aromatic rings. The van der Waals surface area contributed by atoms with E-state index in [1.54, 1.807) is 0 Å². The van der Waals surface area contributed by atoms with Crippen LogP contribution in [0.2, 0.25) is 0 Å². The third-order valence-corrected chi connectivity index (χ3v) is 4.73. The SMILES string of the molecule is CNC(c1cccc2c1OCC2)C1(OC)CCCC1. The molecule has 0 radical (unpaired) electrons. The molecule has 3 nitrogen and oxygen atoms in total. The van der Waals surface area contributed by atoms with Gasteiger partial charge in [0.2, 0.25) is 0 Å². The van der Waals surface area contributed by atoms with Crippen LogP contribution in [0.15, 0.2) is 18.2 Å². The molecule has 1 saturated carbocycles. The van der Waals surface area contributed by atoms with E-state index in [-0.39, 0.29) is 11.6 Å². The second-order valence-corrected chi connectivity index (χ2v) is 5.63. The molecule has 1 fully saturated rings. The number of hydrogen-bond donors (Lipinski definition) is 1. The van der Waals surface area contributed by atoms with Crippen molar-refractivity contribution in [2.24, 2.45) is 0 Å². The second kappa shape index (κ2) is 5.14. The number of likely N-dealkylation sites (N-methyl/N-ethyl adjacent to an activating group) is 1. The molecule has 3 rings (SSSR count). The van der Waals surface area contributed by atoms with Crippen LogP contribution in [0.5, 0.6) is 5.75 Å². The Morgan fingerprint density at radius 2 is 2.11 bits per heavy atom. The van der Waals surface area contributed by atoms with Gasteiger partial charge in [0.25, 0.3) is 0 Å². The average Bonchev–Trinajstić information content (AvgIpc) is 3.09. The van der Waals surface area contributed by atoms with Gasteiger partial charge in [0.1, 0.15) is 5.75 Å². The van der Waals surface area contributed by atoms with Crippen molar-refractivity contribution in [1.29, 1.82) is 0 Å². The number of para-hydroxylation sites is 1. The van der Waals surface area contributed by atoms with Crippen LogP contribution in [-0.4, -0.2) is 26.4 Å². The molecule has 1 heterocycles. The zero-order chi connectivity index (χ0) is 13.3. The van der Waals surface area contributed by atoms with Crippen molar-refractivity contribution >= 4 is 0 Å². The van der Waals surface area contributed by atoms with E-state index in [1.807, 2.05) is 14.2 Å². The van der Waals surface area contributed by atoms with Crippen molar-refractivity contribution in [3.8, 4) is 5.75 Å². The lowest BCUT2D eigenvalue weighted by Crippen LogP contribution is -2.42. The number of benzene rings is 1. The first-order valence-electron chi connectivity index (χ1n) is 7.28. The Morgan fingerprint density at radius 3 is 2.79 bits per heavy atom. The molecule has 0 amide bonds. The maximum absolute atomic E-state index is 5.95. The average molecular weight is 261 g/mol. The normalized spacial score (nSPS) is 22.0. The van der Waals surface area contributed by atoms with Crippen LogP contribution in [0.3, 0.4) is 0 Å². The fourth-order valence-corrected chi connectivity index (χ4v) is 3.75. The molecule has 1 aromatic carbocycles. The van der Waals surface area contributed by atoms with Gasteiger partial charge >= 0.3 is 0 Å². The summed E-state index contributed by atoms with van der Waals surface area (Å²) in [4.78, 5) is 0. The first-order chi connectivity index (χ1) is 9.30. The number of nitrogens with one attached hydrogen (secondary N) is 1. The molecule has 0 spiro atoms. The van der Waals surface area contributed by atoms with Crippen LogP contribution in [0.4, 0.5) is 0 Å². The third-order valence-electron chi connectivity index (χ3n) is 4.73. The zero-order valence-electron chi connectivity index (χ0n) is 11.9. The molecule has 1 unspecified atom stereocenters. The Morgan fingerprint density at radius 1 is 1.32 bits per heavy atom. The van der Waals surface area contributed by atoms with Gasteiger partial charge in [-0.2, -0.15) is 0 Å². The van der Waals surface area contributed by atoms with E-state index >= 15 is 0 Å². The number of rotatable bonds is 4. The van der Waals surface area contributed by atoms with E-state index in [9.17, 15) is 0 Å². The Labute approximate surface area is 115 Å². The van der Waals surface area contributed by atoms with Crippen LogP contribution in [-0.2, 0) is 11.2 Å². The van der Waals surface area contributed by atoms with Gasteiger partial charge in [0.15, 0.2) is 0 Å². The lowest BCUT2D eigenvalue weighted by molar-refractivity contribution is -0.0354. The maximum Gasteiger partial charge on any atom is 0.127 e. The highest BCUT2D eigenvalue weighted by atomic mass is 16.5. The highest BCUT2D eigenvalue weighted by Gasteiger charge is 2.43. The van der Waals surface area contributed by atoms with Crippen LogP contribution >= 0.6 is 0 Å². The van der Waals surface area contributed by atoms with Crippen LogP contribution in [0.25, 0.3) is 0 Å². The Hall–Kier alpha value is -1.06. The fourth-order valence-electron chi connectivity index (χ4n) is 3.75. The topological polar surface area (TPSA) is 30.5 Å². The minimum atomic E-state index is -0.0736. The summed E-state index contributed by atoms with van der Waals surface area (Å²) in [7, 11) is 3.87. The standard InChI is InChI=1S/C16H23NO2/c1-17-15(16(18-2)9-3-4-10-16)13-7-5-6-12-8-11-19-14(12)13/h5-7,15,17H,3-4,8-11H2,1-2H3. The van der Waals surface area contributed by atoms with Crippen molar-refractivity contribution in [1.82, 2.24) is 5.32 Å². The van der Waals surface area contributed by atoms with E-state index in [2.05, 4.69) is 23.5 Å². The molecule has 0 bridgehead atoms. The Balaban J connectivity index is 2.01. The molecule has 1 N–H and O–H groups in total. The van der Waals surface area contributed by atoms with Crippen molar-refractivity contribution in [2.75, 3.05) is 20.8 Å². The van der Waals surface area contributed by atoms with Gasteiger partial charge in [0, 0.05) is 19.1 Å². The monoisotopic (exact) mass is 261 g/mol. The first kappa shape index (κ1) is 12.9. The molecule has 0 aromatic heterocycles. The second-order valence-electron chi connectivity index (χ2n) is 5.63. The van der Waals surface area contributed by atoms with Crippen molar-refractivity contribution in [3.05, 3.63) is 29.3 Å². The predicted octanol–water partition coefficient (Wildman–Crippen LogP) is 2.84. The summed E-state index contributed by atoms with van der Waals surface area (Å²) in [6, 6.07) is 6.72. The number of hydrogen-bond acceptors (Lipinski definition) is 3. The van der Waals surface area contributed by atoms with Crippen molar-refractivity contribution in [2.45, 2.75) is 43.7 Å². The van der Waals surface area contributed by atoms with Gasteiger partial charge in [-0.15, -0.1) is 0 Å². The molecule has 19 heavy (non-hydrogen) atoms. The predicted molar refractivity (Wildman–Crippen MR) is 75.6 cm³/mol. The van der Waals surface area contributed by atoms with Gasteiger partial charge in [-0.3, -0.25) is 0 Å². The molecule has 0 saturated heterocycles. The van der Waals surface area contributed by atoms with E-state index < -0.39 is 0 Å². The highest BCUT2D eigenvalue weighted by Crippen LogP contribution is 2.46. The van der Waals surface area contributed by atoms with Gasteiger partial charge in [0.05, 0.1) is 18.2 Å². The van der Waals surface area contributed by atoms with Gasteiger partial charge < -0.3 is 14.8 Å². The summed E-state index contributed by atoms with van der Waals surface area (Å²) >= 11 is 0. The largest absolute Gasteiger partial charge is 0.493 e. The van der Waals surface area contributed by atoms with E-state index in [0.29, 0.717) is 0 Å². The summed E-state index contributed by atoms with van der Waals surface area (Å²) in [5, 5.41) is 3.48. The maximum atomic E-state index is 5.95. The molecule has 1 aliphatic heterocycles. The number of fused-ring (bicyclic) bond motifs is 1. The van der Waals surface area contributed by atoms with Crippen LogP contribution in [0, 0.1) is 0 Å². The summed E-state index contributed by atoms with van der Waals surface area (Å²) in [5.41, 5.74) is 2.53. The summed E-state index contributed by atoms with van der Waals surface area (Å²) in [5.74, 6) is 1.09. The summed E-state index contributed by atoms with van der Waals surface area (Å²) in [6.45, 7) is 0.808. The van der Waals surface area contributed by atoms with Crippen LogP contribution < -0.4 is 10.1 Å². The molecule has 3 heteroatoms. The summed E-state index contributed by atoms with van der Waals surface area (Å²) in [6.07, 6.45) is 5.78. The first-order valence-corrected chi connectivity index (χ1v) is 7.28. The van der Waals surface area contributed by atoms with Crippen molar-refractivity contribution in [3.63, 3.8) is 0 Å². The fraction of sp³-hybridized carbons (Fsp3) is 0.625. The lowest BCUT2D eigenvalue weighted by atomic mass is 9.85. The van der Waals surface area contributed by atoms with E-state index in [1.165, 1.54) is 24.0 Å². The molecular formula is C16H23NO2. The van der Waals surface area contributed by atoms with Gasteiger partial charge in [-0.05, 0) is 25.5 Å². The smallest absolute Gasteiger partial charge is 0.127 e. The van der Waals surface area contributed by atoms with Gasteiger partial charge in [-0.1, -0.05) is 31.0 Å². The third kappa shape index (κ3) is 2.05. The van der Waals surface area contributed by atoms with Crippen molar-refractivity contribution < 1.29 is 9.47 Å². The Kier molecular flexibility index (Phi) is 3.50. The van der Waals surface area contributed by atoms with E-state index in [0.717, 1.165) is 31.6 Å². The van der Waals surface area contributed by atoms with Gasteiger partial charge in [-0.25, -0.2) is 0 Å². The zero-order valence-corrected chi connectivity index (χ0v) is 11.9. The molecule has 2 aliphatic rings.